The minimum atomic E-state index is -0.270. The largest absolute Gasteiger partial charge is 0.294 e. The smallest absolute Gasteiger partial charge is 0.164 e. The van der Waals surface area contributed by atoms with E-state index >= 15 is 0 Å². The first kappa shape index (κ1) is 11.1. The van der Waals surface area contributed by atoms with Crippen LogP contribution in [0.15, 0.2) is 36.4 Å². The van der Waals surface area contributed by atoms with Crippen molar-refractivity contribution in [2.75, 3.05) is 0 Å². The lowest BCUT2D eigenvalue weighted by atomic mass is 9.95. The normalized spacial score (nSPS) is 13.8. The standard InChI is InChI=1S/C16H13FO/c1-10-5-7-14(17)13(9-10)12-4-2-3-11-6-8-15(18)16(11)12/h2-5,7,9H,6,8H2,1H3. The summed E-state index contributed by atoms with van der Waals surface area (Å²) in [6.45, 7) is 1.92. The van der Waals surface area contributed by atoms with Crippen molar-refractivity contribution < 1.29 is 9.18 Å². The maximum atomic E-state index is 13.9. The molecule has 2 aromatic carbocycles. The topological polar surface area (TPSA) is 17.1 Å². The van der Waals surface area contributed by atoms with E-state index in [1.807, 2.05) is 25.1 Å². The van der Waals surface area contributed by atoms with E-state index in [2.05, 4.69) is 0 Å². The van der Waals surface area contributed by atoms with Crippen molar-refractivity contribution >= 4 is 5.78 Å². The van der Waals surface area contributed by atoms with Crippen LogP contribution in [-0.4, -0.2) is 5.78 Å². The molecule has 90 valence electrons. The summed E-state index contributed by atoms with van der Waals surface area (Å²) in [4.78, 5) is 11.9. The summed E-state index contributed by atoms with van der Waals surface area (Å²) in [5, 5.41) is 0. The van der Waals surface area contributed by atoms with Gasteiger partial charge in [-0.1, -0.05) is 29.8 Å². The van der Waals surface area contributed by atoms with Crippen molar-refractivity contribution in [1.29, 1.82) is 0 Å². The number of hydrogen-bond donors (Lipinski definition) is 0. The maximum absolute atomic E-state index is 13.9. The molecular weight excluding hydrogens is 227 g/mol. The number of hydrogen-bond acceptors (Lipinski definition) is 1. The molecule has 2 aromatic rings. The highest BCUT2D eigenvalue weighted by Gasteiger charge is 2.24. The van der Waals surface area contributed by atoms with Gasteiger partial charge in [-0.3, -0.25) is 4.79 Å². The van der Waals surface area contributed by atoms with Gasteiger partial charge in [-0.2, -0.15) is 0 Å². The first-order chi connectivity index (χ1) is 8.66. The minimum absolute atomic E-state index is 0.126. The molecule has 0 radical (unpaired) electrons. The van der Waals surface area contributed by atoms with E-state index in [-0.39, 0.29) is 11.6 Å². The van der Waals surface area contributed by atoms with Gasteiger partial charge < -0.3 is 0 Å². The van der Waals surface area contributed by atoms with Crippen molar-refractivity contribution in [2.45, 2.75) is 19.8 Å². The third-order valence-corrected chi connectivity index (χ3v) is 3.46. The SMILES string of the molecule is Cc1ccc(F)c(-c2cccc3c2C(=O)CC3)c1. The molecule has 0 saturated carbocycles. The quantitative estimate of drug-likeness (QED) is 0.738. The number of aryl methyl sites for hydroxylation is 2. The van der Waals surface area contributed by atoms with Gasteiger partial charge in [0.2, 0.25) is 0 Å². The molecule has 0 spiro atoms. The predicted octanol–water partition coefficient (Wildman–Crippen LogP) is 3.93. The predicted molar refractivity (Wildman–Crippen MR) is 69.2 cm³/mol. The minimum Gasteiger partial charge on any atom is -0.294 e. The van der Waals surface area contributed by atoms with Crippen molar-refractivity contribution in [2.24, 2.45) is 0 Å². The fourth-order valence-electron chi connectivity index (χ4n) is 2.58. The van der Waals surface area contributed by atoms with E-state index in [4.69, 9.17) is 0 Å². The van der Waals surface area contributed by atoms with Crippen LogP contribution in [0.2, 0.25) is 0 Å². The Morgan fingerprint density at radius 2 is 1.89 bits per heavy atom. The van der Waals surface area contributed by atoms with Crippen LogP contribution in [0.25, 0.3) is 11.1 Å². The lowest BCUT2D eigenvalue weighted by molar-refractivity contribution is 0.0995. The molecule has 0 N–H and O–H groups in total. The zero-order chi connectivity index (χ0) is 12.7. The van der Waals surface area contributed by atoms with Crippen LogP contribution >= 0.6 is 0 Å². The molecule has 0 aromatic heterocycles. The third-order valence-electron chi connectivity index (χ3n) is 3.46. The number of rotatable bonds is 1. The molecule has 0 unspecified atom stereocenters. The Bertz CT molecular complexity index is 644. The Morgan fingerprint density at radius 3 is 2.72 bits per heavy atom. The van der Waals surface area contributed by atoms with Gasteiger partial charge in [0.05, 0.1) is 0 Å². The molecule has 2 heteroatoms. The second kappa shape index (κ2) is 4.05. The summed E-state index contributed by atoms with van der Waals surface area (Å²) >= 11 is 0. The molecule has 18 heavy (non-hydrogen) atoms. The monoisotopic (exact) mass is 240 g/mol. The highest BCUT2D eigenvalue weighted by molar-refractivity contribution is 6.06. The van der Waals surface area contributed by atoms with E-state index in [9.17, 15) is 9.18 Å². The molecule has 3 rings (SSSR count). The zero-order valence-electron chi connectivity index (χ0n) is 10.2. The Hall–Kier alpha value is -1.96. The van der Waals surface area contributed by atoms with Gasteiger partial charge in [0, 0.05) is 17.5 Å². The molecule has 0 heterocycles. The maximum Gasteiger partial charge on any atom is 0.164 e. The molecule has 0 saturated heterocycles. The molecule has 0 fully saturated rings. The van der Waals surface area contributed by atoms with E-state index in [0.717, 1.165) is 23.1 Å². The number of carbonyl (C=O) groups excluding carboxylic acids is 1. The van der Waals surface area contributed by atoms with Gasteiger partial charge in [-0.25, -0.2) is 4.39 Å². The lowest BCUT2D eigenvalue weighted by Crippen LogP contribution is -1.97. The Balaban J connectivity index is 2.27. The van der Waals surface area contributed by atoms with Crippen molar-refractivity contribution in [3.8, 4) is 11.1 Å². The summed E-state index contributed by atoms with van der Waals surface area (Å²) in [7, 11) is 0. The summed E-state index contributed by atoms with van der Waals surface area (Å²) in [6.07, 6.45) is 1.31. The van der Waals surface area contributed by atoms with Crippen LogP contribution in [-0.2, 0) is 6.42 Å². The molecule has 0 bridgehead atoms. The first-order valence-electron chi connectivity index (χ1n) is 6.08. The molecule has 0 atom stereocenters. The first-order valence-corrected chi connectivity index (χ1v) is 6.08. The highest BCUT2D eigenvalue weighted by atomic mass is 19.1. The average Bonchev–Trinajstić information content (AvgIpc) is 2.75. The van der Waals surface area contributed by atoms with E-state index in [1.165, 1.54) is 6.07 Å². The summed E-state index contributed by atoms with van der Waals surface area (Å²) in [5.41, 5.74) is 4.01. The van der Waals surface area contributed by atoms with Gasteiger partial charge in [-0.05, 0) is 36.6 Å². The Morgan fingerprint density at radius 1 is 1.06 bits per heavy atom. The number of carbonyl (C=O) groups is 1. The Kier molecular flexibility index (Phi) is 2.51. The van der Waals surface area contributed by atoms with E-state index in [1.54, 1.807) is 12.1 Å². The number of halogens is 1. The number of fused-ring (bicyclic) bond motifs is 1. The summed E-state index contributed by atoms with van der Waals surface area (Å²) in [6, 6.07) is 10.7. The van der Waals surface area contributed by atoms with Gasteiger partial charge in [-0.15, -0.1) is 0 Å². The lowest BCUT2D eigenvalue weighted by Gasteiger charge is -2.09. The van der Waals surface area contributed by atoms with Crippen molar-refractivity contribution in [3.63, 3.8) is 0 Å². The fraction of sp³-hybridized carbons (Fsp3) is 0.188. The molecule has 0 amide bonds. The van der Waals surface area contributed by atoms with Crippen LogP contribution in [0.1, 0.15) is 27.9 Å². The van der Waals surface area contributed by atoms with Gasteiger partial charge >= 0.3 is 0 Å². The zero-order valence-corrected chi connectivity index (χ0v) is 10.2. The van der Waals surface area contributed by atoms with Gasteiger partial charge in [0.1, 0.15) is 5.82 Å². The fourth-order valence-corrected chi connectivity index (χ4v) is 2.58. The third kappa shape index (κ3) is 1.65. The molecule has 1 nitrogen and oxygen atoms in total. The van der Waals surface area contributed by atoms with Crippen LogP contribution in [0.4, 0.5) is 4.39 Å². The molecule has 1 aliphatic carbocycles. The number of ketones is 1. The van der Waals surface area contributed by atoms with Crippen LogP contribution in [0, 0.1) is 12.7 Å². The van der Waals surface area contributed by atoms with Gasteiger partial charge in [0.25, 0.3) is 0 Å². The number of Topliss-reactive ketones (excluding diaryl/α,β-unsaturated/α-hetero) is 1. The van der Waals surface area contributed by atoms with Crippen LogP contribution in [0.3, 0.4) is 0 Å². The van der Waals surface area contributed by atoms with Crippen LogP contribution < -0.4 is 0 Å². The number of benzene rings is 2. The molecule has 0 aliphatic heterocycles. The second-order valence-electron chi connectivity index (χ2n) is 4.75. The van der Waals surface area contributed by atoms with E-state index in [0.29, 0.717) is 17.5 Å². The van der Waals surface area contributed by atoms with E-state index < -0.39 is 0 Å². The second-order valence-corrected chi connectivity index (χ2v) is 4.75. The molecule has 1 aliphatic rings. The molecular formula is C16H13FO. The highest BCUT2D eigenvalue weighted by Crippen LogP contribution is 2.33. The van der Waals surface area contributed by atoms with Gasteiger partial charge in [0.15, 0.2) is 5.78 Å². The Labute approximate surface area is 105 Å². The summed E-state index contributed by atoms with van der Waals surface area (Å²) in [5.74, 6) is -0.143. The van der Waals surface area contributed by atoms with Crippen molar-refractivity contribution in [1.82, 2.24) is 0 Å². The summed E-state index contributed by atoms with van der Waals surface area (Å²) < 4.78 is 13.9. The van der Waals surface area contributed by atoms with Crippen molar-refractivity contribution in [3.05, 3.63) is 58.9 Å². The van der Waals surface area contributed by atoms with Crippen LogP contribution in [0.5, 0.6) is 0 Å². The average molecular weight is 240 g/mol.